The van der Waals surface area contributed by atoms with Crippen molar-refractivity contribution in [2.45, 2.75) is 20.0 Å². The number of methoxy groups -OCH3 is 1. The quantitative estimate of drug-likeness (QED) is 0.754. The van der Waals surface area contributed by atoms with E-state index in [9.17, 15) is 0 Å². The lowest BCUT2D eigenvalue weighted by atomic mass is 10.3. The van der Waals surface area contributed by atoms with Crippen molar-refractivity contribution in [2.24, 2.45) is 0 Å². The summed E-state index contributed by atoms with van der Waals surface area (Å²) in [6.45, 7) is 3.76. The van der Waals surface area contributed by atoms with Crippen molar-refractivity contribution in [1.29, 1.82) is 0 Å². The second-order valence-corrected chi connectivity index (χ2v) is 4.77. The van der Waals surface area contributed by atoms with Crippen molar-refractivity contribution in [3.63, 3.8) is 0 Å². The summed E-state index contributed by atoms with van der Waals surface area (Å²) in [4.78, 5) is 8.71. The van der Waals surface area contributed by atoms with Crippen molar-refractivity contribution < 1.29 is 9.15 Å². The molecule has 0 unspecified atom stereocenters. The van der Waals surface area contributed by atoms with Gasteiger partial charge in [0, 0.05) is 20.6 Å². The van der Waals surface area contributed by atoms with Crippen molar-refractivity contribution in [3.8, 4) is 0 Å². The Hall–Kier alpha value is -2.34. The summed E-state index contributed by atoms with van der Waals surface area (Å²) in [7, 11) is 1.70. The van der Waals surface area contributed by atoms with Crippen LogP contribution < -0.4 is 5.32 Å². The van der Waals surface area contributed by atoms with E-state index in [4.69, 9.17) is 9.15 Å². The van der Waals surface area contributed by atoms with Gasteiger partial charge in [-0.2, -0.15) is 0 Å². The highest BCUT2D eigenvalue weighted by atomic mass is 16.5. The average Bonchev–Trinajstić information content (AvgIpc) is 3.06. The van der Waals surface area contributed by atoms with Crippen molar-refractivity contribution in [2.75, 3.05) is 19.0 Å². The first-order valence-electron chi connectivity index (χ1n) is 6.87. The van der Waals surface area contributed by atoms with Crippen molar-refractivity contribution in [3.05, 3.63) is 42.1 Å². The SMILES string of the molecule is COCCn1c(NCc2cnc(C)o2)nc2ccccc21. The van der Waals surface area contributed by atoms with E-state index in [1.54, 1.807) is 13.3 Å². The Balaban J connectivity index is 1.85. The Bertz CT molecular complexity index is 732. The number of hydrogen-bond donors (Lipinski definition) is 1. The highest BCUT2D eigenvalue weighted by Crippen LogP contribution is 2.20. The summed E-state index contributed by atoms with van der Waals surface area (Å²) in [5, 5.41) is 3.30. The third-order valence-electron chi connectivity index (χ3n) is 3.26. The number of oxazole rings is 1. The van der Waals surface area contributed by atoms with E-state index in [0.717, 1.165) is 29.3 Å². The molecule has 0 saturated heterocycles. The number of rotatable bonds is 6. The van der Waals surface area contributed by atoms with Gasteiger partial charge in [-0.3, -0.25) is 0 Å². The van der Waals surface area contributed by atoms with Crippen LogP contribution in [-0.4, -0.2) is 28.3 Å². The molecule has 2 heterocycles. The molecule has 3 aromatic rings. The van der Waals surface area contributed by atoms with Crippen LogP contribution in [0.15, 0.2) is 34.9 Å². The molecule has 0 radical (unpaired) electrons. The van der Waals surface area contributed by atoms with E-state index in [-0.39, 0.29) is 0 Å². The molecule has 2 aromatic heterocycles. The standard InChI is InChI=1S/C15H18N4O2/c1-11-16-9-12(21-11)10-17-15-18-13-5-3-4-6-14(13)19(15)7-8-20-2/h3-6,9H,7-8,10H2,1-2H3,(H,17,18). The van der Waals surface area contributed by atoms with Crippen LogP contribution in [0.5, 0.6) is 0 Å². The first-order chi connectivity index (χ1) is 10.3. The van der Waals surface area contributed by atoms with E-state index in [1.165, 1.54) is 0 Å². The minimum absolute atomic E-state index is 0.553. The van der Waals surface area contributed by atoms with Gasteiger partial charge in [-0.25, -0.2) is 9.97 Å². The molecule has 6 heteroatoms. The molecule has 6 nitrogen and oxygen atoms in total. The summed E-state index contributed by atoms with van der Waals surface area (Å²) < 4.78 is 12.8. The Kier molecular flexibility index (Phi) is 3.87. The normalized spacial score (nSPS) is 11.1. The maximum Gasteiger partial charge on any atom is 0.204 e. The minimum atomic E-state index is 0.553. The number of imidazole rings is 1. The highest BCUT2D eigenvalue weighted by Gasteiger charge is 2.10. The van der Waals surface area contributed by atoms with Gasteiger partial charge >= 0.3 is 0 Å². The fraction of sp³-hybridized carbons (Fsp3) is 0.333. The van der Waals surface area contributed by atoms with Gasteiger partial charge < -0.3 is 19.0 Å². The molecule has 1 N–H and O–H groups in total. The van der Waals surface area contributed by atoms with E-state index >= 15 is 0 Å². The van der Waals surface area contributed by atoms with E-state index < -0.39 is 0 Å². The molecule has 0 aliphatic heterocycles. The average molecular weight is 286 g/mol. The number of ether oxygens (including phenoxy) is 1. The third kappa shape index (κ3) is 2.90. The maximum atomic E-state index is 5.46. The van der Waals surface area contributed by atoms with E-state index in [1.807, 2.05) is 25.1 Å². The van der Waals surface area contributed by atoms with Crippen LogP contribution in [0.3, 0.4) is 0 Å². The first-order valence-corrected chi connectivity index (χ1v) is 6.87. The molecular formula is C15H18N4O2. The summed E-state index contributed by atoms with van der Waals surface area (Å²) in [5.41, 5.74) is 2.05. The molecule has 0 atom stereocenters. The lowest BCUT2D eigenvalue weighted by Crippen LogP contribution is -2.10. The van der Waals surface area contributed by atoms with Gasteiger partial charge in [-0.15, -0.1) is 0 Å². The van der Waals surface area contributed by atoms with E-state index in [2.05, 4.69) is 25.9 Å². The van der Waals surface area contributed by atoms with Gasteiger partial charge in [0.1, 0.15) is 5.76 Å². The largest absolute Gasteiger partial charge is 0.444 e. The fourth-order valence-electron chi connectivity index (χ4n) is 2.27. The molecule has 3 rings (SSSR count). The number of para-hydroxylation sites is 2. The molecule has 0 bridgehead atoms. The monoisotopic (exact) mass is 286 g/mol. The molecule has 0 saturated carbocycles. The molecule has 1 aromatic carbocycles. The van der Waals surface area contributed by atoms with Crippen LogP contribution in [0.4, 0.5) is 5.95 Å². The van der Waals surface area contributed by atoms with Crippen LogP contribution in [-0.2, 0) is 17.8 Å². The number of anilines is 1. The summed E-state index contributed by atoms with van der Waals surface area (Å²) >= 11 is 0. The third-order valence-corrected chi connectivity index (χ3v) is 3.26. The zero-order valence-corrected chi connectivity index (χ0v) is 12.2. The van der Waals surface area contributed by atoms with Crippen molar-refractivity contribution in [1.82, 2.24) is 14.5 Å². The van der Waals surface area contributed by atoms with Gasteiger partial charge in [0.15, 0.2) is 5.89 Å². The van der Waals surface area contributed by atoms with E-state index in [0.29, 0.717) is 19.0 Å². The highest BCUT2D eigenvalue weighted by molar-refractivity contribution is 5.78. The molecule has 0 amide bonds. The molecule has 0 spiro atoms. The lowest BCUT2D eigenvalue weighted by Gasteiger charge is -2.09. The topological polar surface area (TPSA) is 65.1 Å². The Morgan fingerprint density at radius 1 is 1.33 bits per heavy atom. The maximum absolute atomic E-state index is 5.46. The summed E-state index contributed by atoms with van der Waals surface area (Å²) in [6.07, 6.45) is 1.73. The fourth-order valence-corrected chi connectivity index (χ4v) is 2.27. The van der Waals surface area contributed by atoms with Gasteiger partial charge in [0.25, 0.3) is 0 Å². The molecule has 21 heavy (non-hydrogen) atoms. The summed E-state index contributed by atoms with van der Waals surface area (Å²) in [5.74, 6) is 2.26. The number of benzene rings is 1. The van der Waals surface area contributed by atoms with Crippen LogP contribution in [0, 0.1) is 6.92 Å². The van der Waals surface area contributed by atoms with Gasteiger partial charge in [0.05, 0.1) is 30.4 Å². The number of aromatic nitrogens is 3. The van der Waals surface area contributed by atoms with Gasteiger partial charge in [-0.1, -0.05) is 12.1 Å². The first kappa shape index (κ1) is 13.6. The van der Waals surface area contributed by atoms with Gasteiger partial charge in [0.2, 0.25) is 5.95 Å². The molecule has 0 aliphatic rings. The van der Waals surface area contributed by atoms with Crippen molar-refractivity contribution >= 4 is 17.0 Å². The Labute approximate surface area is 122 Å². The second-order valence-electron chi connectivity index (χ2n) is 4.77. The lowest BCUT2D eigenvalue weighted by molar-refractivity contribution is 0.188. The van der Waals surface area contributed by atoms with Crippen LogP contribution in [0.1, 0.15) is 11.7 Å². The second kappa shape index (κ2) is 5.97. The molecule has 0 fully saturated rings. The predicted molar refractivity (Wildman–Crippen MR) is 80.2 cm³/mol. The zero-order valence-electron chi connectivity index (χ0n) is 12.2. The Morgan fingerprint density at radius 2 is 2.19 bits per heavy atom. The summed E-state index contributed by atoms with van der Waals surface area (Å²) in [6, 6.07) is 8.06. The number of nitrogens with zero attached hydrogens (tertiary/aromatic N) is 3. The minimum Gasteiger partial charge on any atom is -0.444 e. The zero-order chi connectivity index (χ0) is 14.7. The molecular weight excluding hydrogens is 268 g/mol. The van der Waals surface area contributed by atoms with Crippen LogP contribution in [0.2, 0.25) is 0 Å². The molecule has 0 aliphatic carbocycles. The number of nitrogens with one attached hydrogen (secondary N) is 1. The smallest absolute Gasteiger partial charge is 0.204 e. The van der Waals surface area contributed by atoms with Gasteiger partial charge in [-0.05, 0) is 12.1 Å². The number of fused-ring (bicyclic) bond motifs is 1. The van der Waals surface area contributed by atoms with Crippen LogP contribution >= 0.6 is 0 Å². The number of aryl methyl sites for hydroxylation is 1. The van der Waals surface area contributed by atoms with Crippen LogP contribution in [0.25, 0.3) is 11.0 Å². The molecule has 110 valence electrons. The Morgan fingerprint density at radius 3 is 2.95 bits per heavy atom. The predicted octanol–water partition coefficient (Wildman–Crippen LogP) is 2.59. The number of hydrogen-bond acceptors (Lipinski definition) is 5.